The molecular weight excluding hydrogens is 1250 g/mol. The average Bonchev–Trinajstić information content (AvgIpc) is 2.54. The SMILES string of the molecule is CCC(C)CCCCCCCCCCCCC(=O)OC[C@H](COP(=O)(O)OC[C@@H](O)COP(=O)(O)OC[C@@H](COC(=O)CCCCCCCCC(C)C)OC(=O)CCCCCCCCCCCCCCC(C)C)OC(=O)CCCCCCCCCCCCCCCCC(C)C. The molecule has 3 N–H and O–H groups in total. The van der Waals surface area contributed by atoms with Gasteiger partial charge in [0, 0.05) is 25.7 Å². The van der Waals surface area contributed by atoms with Crippen LogP contribution >= 0.6 is 15.6 Å². The molecule has 0 heterocycles. The van der Waals surface area contributed by atoms with Gasteiger partial charge in [-0.25, -0.2) is 9.13 Å². The van der Waals surface area contributed by atoms with Gasteiger partial charge in [-0.1, -0.05) is 331 Å². The first-order valence-electron chi connectivity index (χ1n) is 39.2. The van der Waals surface area contributed by atoms with Gasteiger partial charge >= 0.3 is 39.5 Å². The number of phosphoric ester groups is 2. The molecule has 0 fully saturated rings. The second-order valence-corrected chi connectivity index (χ2v) is 32.0. The van der Waals surface area contributed by atoms with Gasteiger partial charge in [-0.15, -0.1) is 0 Å². The number of aliphatic hydroxyl groups excluding tert-OH is 1. The molecule has 0 rings (SSSR count). The molecule has 0 aliphatic carbocycles. The fraction of sp³-hybridized carbons (Fsp3) is 0.947. The maximum Gasteiger partial charge on any atom is 0.472 e. The third kappa shape index (κ3) is 69.0. The molecule has 0 saturated heterocycles. The standard InChI is InChI=1S/C76H148O17P2/c1-9-69(8)55-47-39-30-24-20-21-25-31-40-48-56-73(78)86-62-71(92-75(80)58-50-42-32-26-18-13-11-10-12-16-22-28-36-44-52-66(2)3)64-90-94(82,83)88-60-70(77)61-89-95(84,85)91-65-72(63-87-74(79)57-49-41-35-34-38-46-54-68(6)7)93-76(81)59-51-43-33-27-19-15-14-17-23-29-37-45-53-67(4)5/h66-72,77H,9-65H2,1-8H3,(H,82,83)(H,84,85)/t69?,70-,71-,72-/m1/s1. The van der Waals surface area contributed by atoms with Gasteiger partial charge in [0.05, 0.1) is 26.4 Å². The van der Waals surface area contributed by atoms with Crippen LogP contribution in [0.5, 0.6) is 0 Å². The Labute approximate surface area is 581 Å². The van der Waals surface area contributed by atoms with Crippen molar-refractivity contribution in [2.45, 2.75) is 401 Å². The molecule has 0 aromatic heterocycles. The van der Waals surface area contributed by atoms with Gasteiger partial charge in [0.1, 0.15) is 19.3 Å². The number of esters is 4. The predicted molar refractivity (Wildman–Crippen MR) is 386 cm³/mol. The van der Waals surface area contributed by atoms with Gasteiger partial charge < -0.3 is 33.8 Å². The van der Waals surface area contributed by atoms with Gasteiger partial charge in [-0.05, 0) is 49.4 Å². The van der Waals surface area contributed by atoms with Crippen molar-refractivity contribution in [2.75, 3.05) is 39.6 Å². The molecule has 95 heavy (non-hydrogen) atoms. The number of carbonyl (C=O) groups is 4. The number of unbranched alkanes of at least 4 members (excludes halogenated alkanes) is 38. The lowest BCUT2D eigenvalue weighted by Gasteiger charge is -2.21. The van der Waals surface area contributed by atoms with Crippen LogP contribution < -0.4 is 0 Å². The van der Waals surface area contributed by atoms with Gasteiger partial charge in [-0.2, -0.15) is 0 Å². The van der Waals surface area contributed by atoms with E-state index < -0.39 is 97.5 Å². The summed E-state index contributed by atoms with van der Waals surface area (Å²) in [6, 6.07) is 0. The Hall–Kier alpha value is -1.94. The van der Waals surface area contributed by atoms with E-state index in [4.69, 9.17) is 37.0 Å². The molecule has 3 unspecified atom stereocenters. The van der Waals surface area contributed by atoms with E-state index >= 15 is 0 Å². The number of phosphoric acid groups is 2. The summed E-state index contributed by atoms with van der Waals surface area (Å²) >= 11 is 0. The monoisotopic (exact) mass is 1400 g/mol. The smallest absolute Gasteiger partial charge is 0.462 e. The third-order valence-electron chi connectivity index (χ3n) is 17.9. The van der Waals surface area contributed by atoms with Crippen molar-refractivity contribution in [3.05, 3.63) is 0 Å². The second kappa shape index (κ2) is 65.4. The second-order valence-electron chi connectivity index (χ2n) is 29.1. The number of aliphatic hydroxyl groups is 1. The van der Waals surface area contributed by atoms with E-state index in [0.29, 0.717) is 31.6 Å². The topological polar surface area (TPSA) is 237 Å². The molecule has 0 amide bonds. The molecule has 0 aromatic rings. The molecule has 0 bridgehead atoms. The number of carbonyl (C=O) groups excluding carboxylic acids is 4. The first-order valence-corrected chi connectivity index (χ1v) is 42.2. The quantitative estimate of drug-likeness (QED) is 0.0222. The maximum atomic E-state index is 13.1. The predicted octanol–water partition coefficient (Wildman–Crippen LogP) is 22.0. The van der Waals surface area contributed by atoms with Crippen LogP contribution in [-0.2, 0) is 65.4 Å². The molecule has 564 valence electrons. The van der Waals surface area contributed by atoms with Crippen LogP contribution in [-0.4, -0.2) is 96.7 Å². The van der Waals surface area contributed by atoms with Crippen LogP contribution in [0.2, 0.25) is 0 Å². The van der Waals surface area contributed by atoms with Crippen LogP contribution in [0.1, 0.15) is 383 Å². The summed E-state index contributed by atoms with van der Waals surface area (Å²) in [5.74, 6) is 0.939. The summed E-state index contributed by atoms with van der Waals surface area (Å²) in [6.07, 6.45) is 50.0. The van der Waals surface area contributed by atoms with Crippen molar-refractivity contribution < 1.29 is 80.2 Å². The van der Waals surface area contributed by atoms with E-state index in [-0.39, 0.29) is 25.7 Å². The lowest BCUT2D eigenvalue weighted by Crippen LogP contribution is -2.30. The van der Waals surface area contributed by atoms with Gasteiger partial charge in [0.25, 0.3) is 0 Å². The third-order valence-corrected chi connectivity index (χ3v) is 19.8. The molecular formula is C76H148O17P2. The van der Waals surface area contributed by atoms with E-state index in [9.17, 15) is 43.2 Å². The Kier molecular flexibility index (Phi) is 64.0. The van der Waals surface area contributed by atoms with E-state index in [0.717, 1.165) is 114 Å². The van der Waals surface area contributed by atoms with Crippen LogP contribution in [0.4, 0.5) is 0 Å². The maximum absolute atomic E-state index is 13.1. The van der Waals surface area contributed by atoms with Gasteiger partial charge in [0.15, 0.2) is 12.2 Å². The fourth-order valence-corrected chi connectivity index (χ4v) is 13.1. The van der Waals surface area contributed by atoms with E-state index in [1.54, 1.807) is 0 Å². The highest BCUT2D eigenvalue weighted by Gasteiger charge is 2.30. The van der Waals surface area contributed by atoms with E-state index in [1.807, 2.05) is 0 Å². The lowest BCUT2D eigenvalue weighted by atomic mass is 9.99. The van der Waals surface area contributed by atoms with Crippen LogP contribution in [0.3, 0.4) is 0 Å². The van der Waals surface area contributed by atoms with Crippen LogP contribution in [0, 0.1) is 23.7 Å². The highest BCUT2D eigenvalue weighted by Crippen LogP contribution is 2.45. The number of hydrogen-bond donors (Lipinski definition) is 3. The molecule has 0 aliphatic heterocycles. The summed E-state index contributed by atoms with van der Waals surface area (Å²) in [7, 11) is -9.91. The summed E-state index contributed by atoms with van der Waals surface area (Å²) in [5, 5.41) is 10.6. The van der Waals surface area contributed by atoms with Crippen molar-refractivity contribution in [3.63, 3.8) is 0 Å². The van der Waals surface area contributed by atoms with Gasteiger partial charge in [-0.3, -0.25) is 37.3 Å². The molecule has 0 aliphatic rings. The molecule has 6 atom stereocenters. The van der Waals surface area contributed by atoms with Crippen molar-refractivity contribution in [1.29, 1.82) is 0 Å². The molecule has 0 spiro atoms. The van der Waals surface area contributed by atoms with Crippen molar-refractivity contribution in [1.82, 2.24) is 0 Å². The Morgan fingerprint density at radius 3 is 0.747 bits per heavy atom. The van der Waals surface area contributed by atoms with E-state index in [2.05, 4.69) is 55.4 Å². The van der Waals surface area contributed by atoms with Crippen LogP contribution in [0.15, 0.2) is 0 Å². The molecule has 0 radical (unpaired) electrons. The number of rotatable bonds is 73. The van der Waals surface area contributed by atoms with Gasteiger partial charge in [0.2, 0.25) is 0 Å². The lowest BCUT2D eigenvalue weighted by molar-refractivity contribution is -0.161. The minimum absolute atomic E-state index is 0.105. The minimum atomic E-state index is -4.96. The summed E-state index contributed by atoms with van der Waals surface area (Å²) in [5.41, 5.74) is 0. The Morgan fingerprint density at radius 1 is 0.295 bits per heavy atom. The molecule has 0 saturated carbocycles. The highest BCUT2D eigenvalue weighted by atomic mass is 31.2. The first-order chi connectivity index (χ1) is 45.6. The van der Waals surface area contributed by atoms with Crippen molar-refractivity contribution in [3.8, 4) is 0 Å². The average molecular weight is 1400 g/mol. The minimum Gasteiger partial charge on any atom is -0.462 e. The number of hydrogen-bond acceptors (Lipinski definition) is 15. The summed E-state index contributed by atoms with van der Waals surface area (Å²) in [4.78, 5) is 72.8. The summed E-state index contributed by atoms with van der Waals surface area (Å²) in [6.45, 7) is 14.2. The first kappa shape index (κ1) is 93.1. The fourth-order valence-electron chi connectivity index (χ4n) is 11.5. The molecule has 19 heteroatoms. The Morgan fingerprint density at radius 2 is 0.505 bits per heavy atom. The van der Waals surface area contributed by atoms with Crippen molar-refractivity contribution >= 4 is 39.5 Å². The highest BCUT2D eigenvalue weighted by molar-refractivity contribution is 7.47. The Balaban J connectivity index is 5.25. The Bertz CT molecular complexity index is 1870. The zero-order valence-electron chi connectivity index (χ0n) is 62.3. The van der Waals surface area contributed by atoms with E-state index in [1.165, 1.54) is 180 Å². The number of ether oxygens (including phenoxy) is 4. The molecule has 0 aromatic carbocycles. The zero-order chi connectivity index (χ0) is 70.3. The van der Waals surface area contributed by atoms with Crippen LogP contribution in [0.25, 0.3) is 0 Å². The normalized spacial score (nSPS) is 14.4. The zero-order valence-corrected chi connectivity index (χ0v) is 64.1. The summed E-state index contributed by atoms with van der Waals surface area (Å²) < 4.78 is 68.5. The molecule has 17 nitrogen and oxygen atoms in total. The largest absolute Gasteiger partial charge is 0.472 e. The van der Waals surface area contributed by atoms with Crippen molar-refractivity contribution in [2.24, 2.45) is 23.7 Å².